The van der Waals surface area contributed by atoms with Gasteiger partial charge in [-0.25, -0.2) is 9.78 Å². The summed E-state index contributed by atoms with van der Waals surface area (Å²) in [7, 11) is 0. The molecule has 184 valence electrons. The number of hydrogen-bond acceptors (Lipinski definition) is 5. The van der Waals surface area contributed by atoms with Crippen molar-refractivity contribution >= 4 is 38.8 Å². The number of piperazine rings is 1. The molecule has 0 saturated carbocycles. The van der Waals surface area contributed by atoms with Gasteiger partial charge in [0, 0.05) is 66.6 Å². The summed E-state index contributed by atoms with van der Waals surface area (Å²) >= 11 is 0. The van der Waals surface area contributed by atoms with Gasteiger partial charge in [-0.15, -0.1) is 0 Å². The van der Waals surface area contributed by atoms with Crippen LogP contribution < -0.4 is 5.32 Å². The maximum absolute atomic E-state index is 12.6. The number of aryl methyl sites for hydroxylation is 2. The van der Waals surface area contributed by atoms with Gasteiger partial charge >= 0.3 is 5.97 Å². The first-order valence-electron chi connectivity index (χ1n) is 12.7. The van der Waals surface area contributed by atoms with E-state index in [1.54, 1.807) is 6.07 Å². The molecule has 1 saturated heterocycles. The van der Waals surface area contributed by atoms with E-state index in [9.17, 15) is 4.79 Å². The van der Waals surface area contributed by atoms with Gasteiger partial charge in [0.05, 0.1) is 16.6 Å². The number of nitrogens with zero attached hydrogens (tertiary/aromatic N) is 3. The van der Waals surface area contributed by atoms with E-state index in [0.29, 0.717) is 12.2 Å². The Labute approximate surface area is 210 Å². The Morgan fingerprint density at radius 1 is 1.00 bits per heavy atom. The summed E-state index contributed by atoms with van der Waals surface area (Å²) in [6.07, 6.45) is 0. The third-order valence-electron chi connectivity index (χ3n) is 7.18. The molecule has 6 rings (SSSR count). The molecule has 7 nitrogen and oxygen atoms in total. The van der Waals surface area contributed by atoms with Crippen LogP contribution in [0.3, 0.4) is 0 Å². The van der Waals surface area contributed by atoms with Crippen LogP contribution in [0.15, 0.2) is 54.6 Å². The Hall–Kier alpha value is -3.68. The van der Waals surface area contributed by atoms with E-state index in [4.69, 9.17) is 9.72 Å². The monoisotopic (exact) mass is 481 g/mol. The highest BCUT2D eigenvalue weighted by atomic mass is 16.5. The minimum atomic E-state index is -0.305. The Kier molecular flexibility index (Phi) is 5.95. The topological polar surface area (TPSA) is 75.2 Å². The van der Waals surface area contributed by atoms with Crippen LogP contribution in [0.2, 0.25) is 0 Å². The Bertz CT molecular complexity index is 1580. The van der Waals surface area contributed by atoms with E-state index >= 15 is 0 Å². The standard InChI is InChI=1S/C29H31N5O2/c1-3-34-26-8-4-19(2)16-22(26)23-17-20(6-9-27(23)34)28-31-24-7-5-21(18-25(24)32-28)29(35)36-15-14-33-12-10-30-11-13-33/h4-9,16-18,30H,3,10-15H2,1-2H3,(H,31,32). The van der Waals surface area contributed by atoms with E-state index in [-0.39, 0.29) is 5.97 Å². The average Bonchev–Trinajstić information content (AvgIpc) is 3.47. The number of carbonyl (C=O) groups excluding carboxylic acids is 1. The minimum Gasteiger partial charge on any atom is -0.461 e. The van der Waals surface area contributed by atoms with Crippen LogP contribution in [0.1, 0.15) is 22.8 Å². The Balaban J connectivity index is 1.26. The van der Waals surface area contributed by atoms with Crippen LogP contribution in [0, 0.1) is 6.92 Å². The van der Waals surface area contributed by atoms with Gasteiger partial charge in [-0.2, -0.15) is 0 Å². The molecular weight excluding hydrogens is 450 g/mol. The summed E-state index contributed by atoms with van der Waals surface area (Å²) in [5, 5.41) is 5.82. The van der Waals surface area contributed by atoms with Crippen molar-refractivity contribution < 1.29 is 9.53 Å². The molecule has 0 radical (unpaired) electrons. The fourth-order valence-electron chi connectivity index (χ4n) is 5.26. The van der Waals surface area contributed by atoms with Crippen LogP contribution in [0.25, 0.3) is 44.2 Å². The molecular formula is C29H31N5O2. The van der Waals surface area contributed by atoms with Gasteiger partial charge in [0.25, 0.3) is 0 Å². The maximum Gasteiger partial charge on any atom is 0.338 e. The lowest BCUT2D eigenvalue weighted by Crippen LogP contribution is -2.44. The number of aromatic nitrogens is 3. The molecule has 0 bridgehead atoms. The van der Waals surface area contributed by atoms with Crippen molar-refractivity contribution in [3.05, 3.63) is 65.7 Å². The Morgan fingerprint density at radius 2 is 1.78 bits per heavy atom. The lowest BCUT2D eigenvalue weighted by molar-refractivity contribution is 0.0456. The van der Waals surface area contributed by atoms with Gasteiger partial charge in [-0.3, -0.25) is 4.90 Å². The number of fused-ring (bicyclic) bond motifs is 4. The number of imidazole rings is 1. The molecule has 0 amide bonds. The average molecular weight is 482 g/mol. The number of ether oxygens (including phenoxy) is 1. The number of nitrogens with one attached hydrogen (secondary N) is 2. The van der Waals surface area contributed by atoms with Crippen LogP contribution in [0.5, 0.6) is 0 Å². The number of benzene rings is 3. The summed E-state index contributed by atoms with van der Waals surface area (Å²) in [6.45, 7) is 10.3. The highest BCUT2D eigenvalue weighted by Gasteiger charge is 2.15. The van der Waals surface area contributed by atoms with Gasteiger partial charge in [-0.1, -0.05) is 11.6 Å². The summed E-state index contributed by atoms with van der Waals surface area (Å²) in [4.78, 5) is 23.2. The SMILES string of the molecule is CCn1c2ccc(C)cc2c2cc(-c3nc4cc(C(=O)OCCN5CCNCC5)ccc4[nH]3)ccc21. The molecule has 36 heavy (non-hydrogen) atoms. The van der Waals surface area contributed by atoms with Crippen molar-refractivity contribution in [1.82, 2.24) is 24.8 Å². The molecule has 0 atom stereocenters. The molecule has 1 aliphatic rings. The third-order valence-corrected chi connectivity index (χ3v) is 7.18. The van der Waals surface area contributed by atoms with Crippen LogP contribution in [0.4, 0.5) is 0 Å². The third kappa shape index (κ3) is 4.14. The highest BCUT2D eigenvalue weighted by molar-refractivity contribution is 6.09. The number of esters is 1. The quantitative estimate of drug-likeness (QED) is 0.343. The zero-order valence-corrected chi connectivity index (χ0v) is 20.8. The first-order valence-corrected chi connectivity index (χ1v) is 12.7. The first-order chi connectivity index (χ1) is 17.6. The second-order valence-electron chi connectivity index (χ2n) is 9.54. The normalized spacial score (nSPS) is 14.7. The lowest BCUT2D eigenvalue weighted by atomic mass is 10.1. The molecule has 2 aromatic heterocycles. The zero-order valence-electron chi connectivity index (χ0n) is 20.8. The van der Waals surface area contributed by atoms with E-state index in [1.807, 2.05) is 12.1 Å². The van der Waals surface area contributed by atoms with Gasteiger partial charge < -0.3 is 19.6 Å². The molecule has 3 heterocycles. The minimum absolute atomic E-state index is 0.305. The van der Waals surface area contributed by atoms with E-state index in [2.05, 4.69) is 70.0 Å². The molecule has 0 aliphatic carbocycles. The lowest BCUT2D eigenvalue weighted by Gasteiger charge is -2.26. The molecule has 0 spiro atoms. The van der Waals surface area contributed by atoms with Crippen LogP contribution in [-0.2, 0) is 11.3 Å². The van der Waals surface area contributed by atoms with Gasteiger partial charge in [0.1, 0.15) is 12.4 Å². The zero-order chi connectivity index (χ0) is 24.6. The predicted molar refractivity (Wildman–Crippen MR) is 145 cm³/mol. The smallest absolute Gasteiger partial charge is 0.338 e. The molecule has 5 aromatic rings. The number of carbonyl (C=O) groups is 1. The molecule has 3 aromatic carbocycles. The molecule has 0 unspecified atom stereocenters. The maximum atomic E-state index is 12.6. The largest absolute Gasteiger partial charge is 0.461 e. The first kappa shape index (κ1) is 22.8. The molecule has 7 heteroatoms. The fraction of sp³-hybridized carbons (Fsp3) is 0.310. The second-order valence-corrected chi connectivity index (χ2v) is 9.54. The van der Waals surface area contributed by atoms with Crippen molar-refractivity contribution in [2.45, 2.75) is 20.4 Å². The van der Waals surface area contributed by atoms with Crippen molar-refractivity contribution in [3.8, 4) is 11.4 Å². The van der Waals surface area contributed by atoms with E-state index < -0.39 is 0 Å². The van der Waals surface area contributed by atoms with Crippen LogP contribution >= 0.6 is 0 Å². The predicted octanol–water partition coefficient (Wildman–Crippen LogP) is 4.73. The molecule has 1 aliphatic heterocycles. The van der Waals surface area contributed by atoms with Crippen molar-refractivity contribution in [3.63, 3.8) is 0 Å². The second kappa shape index (κ2) is 9.41. The van der Waals surface area contributed by atoms with E-state index in [0.717, 1.165) is 61.7 Å². The number of H-pyrrole nitrogens is 1. The van der Waals surface area contributed by atoms with E-state index in [1.165, 1.54) is 27.4 Å². The van der Waals surface area contributed by atoms with Gasteiger partial charge in [0.2, 0.25) is 0 Å². The van der Waals surface area contributed by atoms with Crippen LogP contribution in [-0.4, -0.2) is 64.7 Å². The van der Waals surface area contributed by atoms with Gasteiger partial charge in [0.15, 0.2) is 0 Å². The summed E-state index contributed by atoms with van der Waals surface area (Å²) in [5.74, 6) is 0.488. The van der Waals surface area contributed by atoms with Gasteiger partial charge in [-0.05, 0) is 62.4 Å². The summed E-state index contributed by atoms with van der Waals surface area (Å²) in [5.41, 5.74) is 6.93. The summed E-state index contributed by atoms with van der Waals surface area (Å²) < 4.78 is 7.90. The molecule has 2 N–H and O–H groups in total. The summed E-state index contributed by atoms with van der Waals surface area (Å²) in [6, 6.07) is 18.7. The fourth-order valence-corrected chi connectivity index (χ4v) is 5.26. The molecule has 1 fully saturated rings. The van der Waals surface area contributed by atoms with Crippen molar-refractivity contribution in [2.24, 2.45) is 0 Å². The highest BCUT2D eigenvalue weighted by Crippen LogP contribution is 2.33. The number of hydrogen-bond donors (Lipinski definition) is 2. The van der Waals surface area contributed by atoms with Crippen molar-refractivity contribution in [1.29, 1.82) is 0 Å². The Morgan fingerprint density at radius 3 is 2.58 bits per heavy atom. The van der Waals surface area contributed by atoms with Crippen molar-refractivity contribution in [2.75, 3.05) is 39.3 Å². The number of rotatable bonds is 6. The number of aromatic amines is 1.